The molecule has 0 saturated carbocycles. The van der Waals surface area contributed by atoms with Crippen LogP contribution in [0.1, 0.15) is 22.6 Å². The molecule has 1 aliphatic carbocycles. The Morgan fingerprint density at radius 3 is 2.90 bits per heavy atom. The predicted octanol–water partition coefficient (Wildman–Crippen LogP) is 2.28. The van der Waals surface area contributed by atoms with E-state index in [2.05, 4.69) is 23.2 Å². The van der Waals surface area contributed by atoms with Crippen molar-refractivity contribution >= 4 is 11.6 Å². The van der Waals surface area contributed by atoms with Crippen LogP contribution in [-0.2, 0) is 11.2 Å². The van der Waals surface area contributed by atoms with E-state index in [-0.39, 0.29) is 11.8 Å². The van der Waals surface area contributed by atoms with Gasteiger partial charge in [-0.15, -0.1) is 0 Å². The third-order valence-corrected chi connectivity index (χ3v) is 3.64. The van der Waals surface area contributed by atoms with Crippen LogP contribution in [0.3, 0.4) is 0 Å². The molecule has 0 fully saturated rings. The third-order valence-electron chi connectivity index (χ3n) is 3.64. The maximum Gasteiger partial charge on any atom is 0.232 e. The Morgan fingerprint density at radius 2 is 2.10 bits per heavy atom. The minimum absolute atomic E-state index is 0.0395. The Labute approximate surface area is 124 Å². The number of rotatable bonds is 2. The van der Waals surface area contributed by atoms with E-state index < -0.39 is 0 Å². The molecule has 104 valence electrons. The topological polar surface area (TPSA) is 55.1 Å². The Balaban J connectivity index is 1.72. The number of hydrogen-bond donors (Lipinski definition) is 2. The lowest BCUT2D eigenvalue weighted by Gasteiger charge is -2.28. The van der Waals surface area contributed by atoms with Crippen molar-refractivity contribution in [1.82, 2.24) is 0 Å². The molecular weight excluding hydrogens is 260 g/mol. The van der Waals surface area contributed by atoms with Gasteiger partial charge in [-0.3, -0.25) is 4.79 Å². The molecule has 0 heterocycles. The van der Waals surface area contributed by atoms with Crippen molar-refractivity contribution in [2.24, 2.45) is 5.73 Å². The largest absolute Gasteiger partial charge is 0.326 e. The van der Waals surface area contributed by atoms with Gasteiger partial charge in [0.05, 0.1) is 12.5 Å². The van der Waals surface area contributed by atoms with Crippen LogP contribution >= 0.6 is 0 Å². The van der Waals surface area contributed by atoms with E-state index in [1.807, 2.05) is 42.5 Å². The number of carbonyl (C=O) groups is 1. The minimum atomic E-state index is -0.0417. The summed E-state index contributed by atoms with van der Waals surface area (Å²) in [4.78, 5) is 12.3. The summed E-state index contributed by atoms with van der Waals surface area (Å²) >= 11 is 0. The summed E-state index contributed by atoms with van der Waals surface area (Å²) in [6.45, 7) is 0.329. The van der Waals surface area contributed by atoms with E-state index in [1.165, 1.54) is 5.56 Å². The molecule has 3 N–H and O–H groups in total. The van der Waals surface area contributed by atoms with Crippen LogP contribution in [0, 0.1) is 11.8 Å². The van der Waals surface area contributed by atoms with Crippen LogP contribution in [0.2, 0.25) is 0 Å². The SMILES string of the molecule is NCC#Cc1cccc(NC(=O)C2Cc3ccccc32)c1. The van der Waals surface area contributed by atoms with Crippen molar-refractivity contribution in [1.29, 1.82) is 0 Å². The summed E-state index contributed by atoms with van der Waals surface area (Å²) in [5.41, 5.74) is 9.39. The summed E-state index contributed by atoms with van der Waals surface area (Å²) in [6, 6.07) is 15.6. The first-order valence-electron chi connectivity index (χ1n) is 6.95. The number of hydrogen-bond acceptors (Lipinski definition) is 2. The van der Waals surface area contributed by atoms with Gasteiger partial charge in [0.15, 0.2) is 0 Å². The lowest BCUT2D eigenvalue weighted by molar-refractivity contribution is -0.118. The first kappa shape index (κ1) is 13.4. The second-order valence-electron chi connectivity index (χ2n) is 5.03. The molecule has 0 spiro atoms. The molecule has 21 heavy (non-hydrogen) atoms. The Morgan fingerprint density at radius 1 is 1.24 bits per heavy atom. The van der Waals surface area contributed by atoms with Crippen molar-refractivity contribution in [3.05, 3.63) is 65.2 Å². The molecule has 1 unspecified atom stereocenters. The second-order valence-corrected chi connectivity index (χ2v) is 5.03. The van der Waals surface area contributed by atoms with Crippen LogP contribution in [0.4, 0.5) is 5.69 Å². The van der Waals surface area contributed by atoms with Crippen molar-refractivity contribution in [2.75, 3.05) is 11.9 Å². The molecule has 0 aliphatic heterocycles. The van der Waals surface area contributed by atoms with Gasteiger partial charge in [0.25, 0.3) is 0 Å². The lowest BCUT2D eigenvalue weighted by atomic mass is 9.77. The molecule has 1 aliphatic rings. The molecule has 2 aromatic carbocycles. The number of anilines is 1. The molecule has 3 heteroatoms. The van der Waals surface area contributed by atoms with Crippen molar-refractivity contribution < 1.29 is 4.79 Å². The first-order chi connectivity index (χ1) is 10.3. The number of benzene rings is 2. The zero-order chi connectivity index (χ0) is 14.7. The molecule has 0 aromatic heterocycles. The molecule has 0 saturated heterocycles. The summed E-state index contributed by atoms with van der Waals surface area (Å²) in [6.07, 6.45) is 0.814. The Hall–Kier alpha value is -2.57. The zero-order valence-electron chi connectivity index (χ0n) is 11.6. The molecule has 2 aromatic rings. The monoisotopic (exact) mass is 276 g/mol. The van der Waals surface area contributed by atoms with Gasteiger partial charge in [0.2, 0.25) is 5.91 Å². The average molecular weight is 276 g/mol. The number of nitrogens with one attached hydrogen (secondary N) is 1. The van der Waals surface area contributed by atoms with Gasteiger partial charge >= 0.3 is 0 Å². The summed E-state index contributed by atoms with van der Waals surface area (Å²) in [7, 11) is 0. The fraction of sp³-hybridized carbons (Fsp3) is 0.167. The third kappa shape index (κ3) is 2.81. The molecule has 3 rings (SSSR count). The van der Waals surface area contributed by atoms with E-state index in [4.69, 9.17) is 5.73 Å². The van der Waals surface area contributed by atoms with Crippen LogP contribution in [-0.4, -0.2) is 12.5 Å². The fourth-order valence-corrected chi connectivity index (χ4v) is 2.55. The average Bonchev–Trinajstić information content (AvgIpc) is 2.47. The van der Waals surface area contributed by atoms with E-state index in [1.54, 1.807) is 0 Å². The molecule has 1 amide bonds. The van der Waals surface area contributed by atoms with E-state index in [9.17, 15) is 4.79 Å². The highest BCUT2D eigenvalue weighted by Crippen LogP contribution is 2.35. The number of fused-ring (bicyclic) bond motifs is 1. The van der Waals surface area contributed by atoms with Gasteiger partial charge in [0, 0.05) is 11.3 Å². The summed E-state index contributed by atoms with van der Waals surface area (Å²) in [5, 5.41) is 2.96. The van der Waals surface area contributed by atoms with Crippen molar-refractivity contribution in [2.45, 2.75) is 12.3 Å². The summed E-state index contributed by atoms with van der Waals surface area (Å²) < 4.78 is 0. The van der Waals surface area contributed by atoms with Crippen LogP contribution in [0.25, 0.3) is 0 Å². The number of nitrogens with two attached hydrogens (primary N) is 1. The second kappa shape index (κ2) is 5.82. The highest BCUT2D eigenvalue weighted by Gasteiger charge is 2.31. The van der Waals surface area contributed by atoms with Gasteiger partial charge in [-0.25, -0.2) is 0 Å². The quantitative estimate of drug-likeness (QED) is 0.827. The van der Waals surface area contributed by atoms with Crippen molar-refractivity contribution in [3.8, 4) is 11.8 Å². The van der Waals surface area contributed by atoms with Gasteiger partial charge in [-0.2, -0.15) is 0 Å². The van der Waals surface area contributed by atoms with Crippen LogP contribution in [0.5, 0.6) is 0 Å². The zero-order valence-corrected chi connectivity index (χ0v) is 11.6. The molecular formula is C18H16N2O. The van der Waals surface area contributed by atoms with Crippen LogP contribution < -0.4 is 11.1 Å². The predicted molar refractivity (Wildman–Crippen MR) is 83.9 cm³/mol. The van der Waals surface area contributed by atoms with E-state index in [0.717, 1.165) is 23.2 Å². The number of carbonyl (C=O) groups excluding carboxylic acids is 1. The molecule has 0 bridgehead atoms. The normalized spacial score (nSPS) is 15.2. The van der Waals surface area contributed by atoms with Crippen LogP contribution in [0.15, 0.2) is 48.5 Å². The Bertz CT molecular complexity index is 740. The van der Waals surface area contributed by atoms with Crippen molar-refractivity contribution in [3.63, 3.8) is 0 Å². The maximum atomic E-state index is 12.3. The smallest absolute Gasteiger partial charge is 0.232 e. The lowest BCUT2D eigenvalue weighted by Crippen LogP contribution is -2.30. The summed E-state index contributed by atoms with van der Waals surface area (Å²) in [5.74, 6) is 5.77. The molecule has 3 nitrogen and oxygen atoms in total. The highest BCUT2D eigenvalue weighted by molar-refractivity contribution is 5.97. The van der Waals surface area contributed by atoms with Gasteiger partial charge < -0.3 is 11.1 Å². The maximum absolute atomic E-state index is 12.3. The standard InChI is InChI=1S/C18H16N2O/c19-10-4-6-13-5-3-8-15(11-13)20-18(21)17-12-14-7-1-2-9-16(14)17/h1-3,5,7-9,11,17H,10,12,19H2,(H,20,21). The highest BCUT2D eigenvalue weighted by atomic mass is 16.1. The van der Waals surface area contributed by atoms with Gasteiger partial charge in [-0.05, 0) is 35.7 Å². The molecule has 0 radical (unpaired) electrons. The molecule has 1 atom stereocenters. The Kier molecular flexibility index (Phi) is 3.72. The van der Waals surface area contributed by atoms with E-state index >= 15 is 0 Å². The van der Waals surface area contributed by atoms with Gasteiger partial charge in [0.1, 0.15) is 0 Å². The fourth-order valence-electron chi connectivity index (χ4n) is 2.55. The number of amides is 1. The van der Waals surface area contributed by atoms with Gasteiger partial charge in [-0.1, -0.05) is 42.2 Å². The first-order valence-corrected chi connectivity index (χ1v) is 6.95. The van der Waals surface area contributed by atoms with E-state index in [0.29, 0.717) is 6.54 Å². The minimum Gasteiger partial charge on any atom is -0.326 e.